The third-order valence-electron chi connectivity index (χ3n) is 7.20. The molecule has 0 fully saturated rings. The number of hydrogen-bond acceptors (Lipinski definition) is 0. The topological polar surface area (TPSA) is 0 Å². The normalized spacial score (nSPS) is 13.9. The summed E-state index contributed by atoms with van der Waals surface area (Å²) in [6.07, 6.45) is 3.44. The van der Waals surface area contributed by atoms with Crippen LogP contribution in [0, 0.1) is 0 Å². The van der Waals surface area contributed by atoms with Crippen LogP contribution in [0.2, 0.25) is 0 Å². The van der Waals surface area contributed by atoms with Crippen LogP contribution in [0.5, 0.6) is 0 Å². The highest BCUT2D eigenvalue weighted by molar-refractivity contribution is 5.49. The highest BCUT2D eigenvalue weighted by Crippen LogP contribution is 2.42. The molecule has 0 N–H and O–H groups in total. The average Bonchev–Trinajstić information content (AvgIpc) is 2.63. The lowest BCUT2D eigenvalue weighted by Gasteiger charge is -2.37. The predicted molar refractivity (Wildman–Crippen MR) is 158 cm³/mol. The Bertz CT molecular complexity index is 977. The molecule has 0 nitrogen and oxygen atoms in total. The molecule has 0 spiro atoms. The fraction of sp³-hybridized carbons (Fsp3) is 0.657. The van der Waals surface area contributed by atoms with Crippen LogP contribution in [-0.4, -0.2) is 0 Å². The molecule has 0 amide bonds. The third-order valence-corrected chi connectivity index (χ3v) is 7.20. The molecule has 196 valence electrons. The van der Waals surface area contributed by atoms with Gasteiger partial charge in [0, 0.05) is 0 Å². The summed E-state index contributed by atoms with van der Waals surface area (Å²) >= 11 is 0. The molecule has 35 heavy (non-hydrogen) atoms. The summed E-state index contributed by atoms with van der Waals surface area (Å²) in [6.45, 7) is 35.4. The summed E-state index contributed by atoms with van der Waals surface area (Å²) in [6, 6.07) is 12.3. The molecule has 0 bridgehead atoms. The molecule has 0 aliphatic carbocycles. The SMILES string of the molecule is CC(C)(C)c1ccc(CCCc2cc(C(C)(C)C)c(C(C)(C)C)c(C(C)(C)C)c2)cc1C(C)(C)C. The first kappa shape index (κ1) is 29.7. The van der Waals surface area contributed by atoms with Crippen LogP contribution in [-0.2, 0) is 39.9 Å². The predicted octanol–water partition coefficient (Wildman–Crippen LogP) is 10.3. The second kappa shape index (κ2) is 9.72. The first-order chi connectivity index (χ1) is 15.5. The van der Waals surface area contributed by atoms with Crippen molar-refractivity contribution in [3.05, 3.63) is 69.3 Å². The molecule has 0 unspecified atom stereocenters. The van der Waals surface area contributed by atoms with Gasteiger partial charge < -0.3 is 0 Å². The molecule has 0 atom stereocenters. The Morgan fingerprint density at radius 3 is 1.14 bits per heavy atom. The van der Waals surface area contributed by atoms with Crippen molar-refractivity contribution in [3.8, 4) is 0 Å². The Morgan fingerprint density at radius 1 is 0.400 bits per heavy atom. The molecule has 0 saturated heterocycles. The van der Waals surface area contributed by atoms with Crippen LogP contribution in [0.15, 0.2) is 30.3 Å². The van der Waals surface area contributed by atoms with Crippen LogP contribution in [0.25, 0.3) is 0 Å². The van der Waals surface area contributed by atoms with Crippen molar-refractivity contribution in [2.75, 3.05) is 0 Å². The van der Waals surface area contributed by atoms with E-state index in [2.05, 4.69) is 134 Å². The van der Waals surface area contributed by atoms with Gasteiger partial charge in [0.2, 0.25) is 0 Å². The van der Waals surface area contributed by atoms with Gasteiger partial charge in [0.1, 0.15) is 0 Å². The summed E-state index contributed by atoms with van der Waals surface area (Å²) in [4.78, 5) is 0. The number of hydrogen-bond donors (Lipinski definition) is 0. The Kier molecular flexibility index (Phi) is 8.24. The Labute approximate surface area is 219 Å². The second-order valence-corrected chi connectivity index (χ2v) is 16.0. The maximum atomic E-state index is 2.53. The summed E-state index contributed by atoms with van der Waals surface area (Å²) in [5.41, 5.74) is 11.3. The van der Waals surface area contributed by atoms with Gasteiger partial charge in [-0.15, -0.1) is 0 Å². The molecule has 0 aromatic heterocycles. The van der Waals surface area contributed by atoms with E-state index in [1.807, 2.05) is 0 Å². The highest BCUT2D eigenvalue weighted by atomic mass is 14.4. The third kappa shape index (κ3) is 7.47. The lowest BCUT2D eigenvalue weighted by atomic mass is 9.68. The minimum Gasteiger partial charge on any atom is -0.0587 e. The number of aryl methyl sites for hydroxylation is 2. The van der Waals surface area contributed by atoms with E-state index in [-0.39, 0.29) is 27.1 Å². The van der Waals surface area contributed by atoms with Gasteiger partial charge in [-0.3, -0.25) is 0 Å². The molecular weight excluding hydrogens is 420 g/mol. The van der Waals surface area contributed by atoms with E-state index in [1.165, 1.54) is 39.8 Å². The van der Waals surface area contributed by atoms with Gasteiger partial charge in [-0.25, -0.2) is 0 Å². The molecule has 0 aliphatic rings. The molecule has 0 radical (unpaired) electrons. The Morgan fingerprint density at radius 2 is 0.771 bits per heavy atom. The minimum absolute atomic E-state index is 0.127. The summed E-state index contributed by atoms with van der Waals surface area (Å²) in [7, 11) is 0. The van der Waals surface area contributed by atoms with Gasteiger partial charge in [0.05, 0.1) is 0 Å². The van der Waals surface area contributed by atoms with Crippen molar-refractivity contribution in [1.29, 1.82) is 0 Å². The molecule has 2 aromatic carbocycles. The standard InChI is InChI=1S/C35H56/c1-31(2,3)26-20-19-24(21-27(26)32(4,5)6)17-16-18-25-22-28(33(7,8)9)30(35(13,14)15)29(23-25)34(10,11)12/h19-23H,16-18H2,1-15H3. The lowest BCUT2D eigenvalue weighted by Crippen LogP contribution is -2.28. The molecule has 2 aromatic rings. The molecular formula is C35H56. The van der Waals surface area contributed by atoms with Crippen LogP contribution in [0.1, 0.15) is 149 Å². The van der Waals surface area contributed by atoms with E-state index < -0.39 is 0 Å². The van der Waals surface area contributed by atoms with Crippen molar-refractivity contribution in [2.45, 2.75) is 150 Å². The van der Waals surface area contributed by atoms with E-state index in [9.17, 15) is 0 Å². The number of rotatable bonds is 4. The van der Waals surface area contributed by atoms with E-state index in [1.54, 1.807) is 5.56 Å². The Hall–Kier alpha value is -1.56. The molecule has 0 aliphatic heterocycles. The van der Waals surface area contributed by atoms with Crippen molar-refractivity contribution in [3.63, 3.8) is 0 Å². The van der Waals surface area contributed by atoms with Crippen LogP contribution >= 0.6 is 0 Å². The quantitative estimate of drug-likeness (QED) is 0.411. The summed E-state index contributed by atoms with van der Waals surface area (Å²) < 4.78 is 0. The molecule has 0 heterocycles. The molecule has 0 saturated carbocycles. The van der Waals surface area contributed by atoms with Crippen LogP contribution in [0.4, 0.5) is 0 Å². The summed E-state index contributed by atoms with van der Waals surface area (Å²) in [5.74, 6) is 0. The van der Waals surface area contributed by atoms with E-state index >= 15 is 0 Å². The van der Waals surface area contributed by atoms with Crippen LogP contribution < -0.4 is 0 Å². The van der Waals surface area contributed by atoms with Crippen molar-refractivity contribution in [1.82, 2.24) is 0 Å². The molecule has 2 rings (SSSR count). The zero-order chi connectivity index (χ0) is 27.2. The fourth-order valence-corrected chi connectivity index (χ4v) is 5.36. The lowest BCUT2D eigenvalue weighted by molar-refractivity contribution is 0.496. The molecule has 0 heteroatoms. The fourth-order valence-electron chi connectivity index (χ4n) is 5.36. The largest absolute Gasteiger partial charge is 0.0587 e. The summed E-state index contributed by atoms with van der Waals surface area (Å²) in [5, 5.41) is 0. The van der Waals surface area contributed by atoms with Gasteiger partial charge >= 0.3 is 0 Å². The first-order valence-electron chi connectivity index (χ1n) is 13.8. The second-order valence-electron chi connectivity index (χ2n) is 16.0. The van der Waals surface area contributed by atoms with Gasteiger partial charge in [0.15, 0.2) is 0 Å². The smallest absolute Gasteiger partial charge is 0.0126 e. The monoisotopic (exact) mass is 476 g/mol. The average molecular weight is 477 g/mol. The van der Waals surface area contributed by atoms with E-state index in [4.69, 9.17) is 0 Å². The van der Waals surface area contributed by atoms with Gasteiger partial charge in [0.25, 0.3) is 0 Å². The maximum absolute atomic E-state index is 2.53. The van der Waals surface area contributed by atoms with Crippen molar-refractivity contribution in [2.24, 2.45) is 0 Å². The Balaban J connectivity index is 2.42. The van der Waals surface area contributed by atoms with Crippen molar-refractivity contribution >= 4 is 0 Å². The van der Waals surface area contributed by atoms with Gasteiger partial charge in [-0.05, 0) is 85.3 Å². The van der Waals surface area contributed by atoms with Crippen molar-refractivity contribution < 1.29 is 0 Å². The van der Waals surface area contributed by atoms with Gasteiger partial charge in [-0.1, -0.05) is 134 Å². The zero-order valence-electron chi connectivity index (χ0n) is 26.0. The van der Waals surface area contributed by atoms with Crippen LogP contribution in [0.3, 0.4) is 0 Å². The zero-order valence-corrected chi connectivity index (χ0v) is 26.0. The maximum Gasteiger partial charge on any atom is -0.0126 e. The van der Waals surface area contributed by atoms with E-state index in [0.29, 0.717) is 0 Å². The van der Waals surface area contributed by atoms with E-state index in [0.717, 1.165) is 12.8 Å². The first-order valence-corrected chi connectivity index (χ1v) is 13.8. The number of benzene rings is 2. The highest BCUT2D eigenvalue weighted by Gasteiger charge is 2.32. The van der Waals surface area contributed by atoms with Gasteiger partial charge in [-0.2, -0.15) is 0 Å². The minimum atomic E-state index is 0.127.